The molecule has 0 aliphatic carbocycles. The first kappa shape index (κ1) is 25.1. The summed E-state index contributed by atoms with van der Waals surface area (Å²) in [6.07, 6.45) is 3.60. The van der Waals surface area contributed by atoms with Gasteiger partial charge in [0.15, 0.2) is 11.2 Å². The lowest BCUT2D eigenvalue weighted by atomic mass is 9.91. The third-order valence-corrected chi connectivity index (χ3v) is 6.23. The number of hydrogen-bond acceptors (Lipinski definition) is 7. The van der Waals surface area contributed by atoms with Gasteiger partial charge in [0.25, 0.3) is 5.56 Å². The molecule has 12 nitrogen and oxygen atoms in total. The minimum Gasteiger partial charge on any atom is -0.367 e. The van der Waals surface area contributed by atoms with Crippen LogP contribution in [-0.4, -0.2) is 66.6 Å². The van der Waals surface area contributed by atoms with E-state index in [1.807, 2.05) is 11.0 Å². The average molecular weight is 497 g/mol. The van der Waals surface area contributed by atoms with E-state index in [1.165, 1.54) is 29.6 Å². The van der Waals surface area contributed by atoms with Crippen LogP contribution in [0.4, 0.5) is 11.5 Å². The molecule has 0 saturated carbocycles. The monoisotopic (exact) mass is 496 g/mol. The van der Waals surface area contributed by atoms with Gasteiger partial charge in [-0.25, -0.2) is 14.8 Å². The molecule has 0 spiro atoms. The van der Waals surface area contributed by atoms with Crippen molar-refractivity contribution in [2.45, 2.75) is 33.7 Å². The van der Waals surface area contributed by atoms with Crippen molar-refractivity contribution >= 4 is 34.5 Å². The number of anilines is 2. The Morgan fingerprint density at radius 2 is 1.69 bits per heavy atom. The molecule has 3 aromatic heterocycles. The summed E-state index contributed by atoms with van der Waals surface area (Å²) in [4.78, 5) is 62.3. The SMILES string of the molecule is Cn1c(=O)c2c(ncn2CC(=O)Nc2ccc(N3CCN(C(=O)CC(C)(C)C)CC3)cn2)n(C)c1=O. The third kappa shape index (κ3) is 5.16. The van der Waals surface area contributed by atoms with Crippen molar-refractivity contribution in [3.63, 3.8) is 0 Å². The summed E-state index contributed by atoms with van der Waals surface area (Å²) < 4.78 is 3.67. The van der Waals surface area contributed by atoms with Crippen LogP contribution in [-0.2, 0) is 30.2 Å². The molecular formula is C24H32N8O4. The highest BCUT2D eigenvalue weighted by Gasteiger charge is 2.25. The molecule has 0 radical (unpaired) electrons. The zero-order chi connectivity index (χ0) is 26.2. The quantitative estimate of drug-likeness (QED) is 0.547. The molecule has 1 aliphatic rings. The van der Waals surface area contributed by atoms with Crippen LogP contribution in [0.3, 0.4) is 0 Å². The van der Waals surface area contributed by atoms with E-state index in [2.05, 4.69) is 41.0 Å². The van der Waals surface area contributed by atoms with E-state index < -0.39 is 11.2 Å². The molecule has 36 heavy (non-hydrogen) atoms. The fraction of sp³-hybridized carbons (Fsp3) is 0.500. The number of aromatic nitrogens is 5. The number of hydrogen-bond donors (Lipinski definition) is 1. The summed E-state index contributed by atoms with van der Waals surface area (Å²) in [5.41, 5.74) is 0.292. The lowest BCUT2D eigenvalue weighted by Crippen LogP contribution is -2.49. The van der Waals surface area contributed by atoms with E-state index in [9.17, 15) is 19.2 Å². The Morgan fingerprint density at radius 1 is 1.00 bits per heavy atom. The molecular weight excluding hydrogens is 464 g/mol. The van der Waals surface area contributed by atoms with E-state index in [-0.39, 0.29) is 34.9 Å². The number of piperazine rings is 1. The maximum Gasteiger partial charge on any atom is 0.332 e. The van der Waals surface area contributed by atoms with Gasteiger partial charge in [-0.05, 0) is 17.5 Å². The standard InChI is InChI=1S/C24H32N8O4/c1-24(2,3)12-19(34)31-10-8-30(9-11-31)16-6-7-17(25-13-16)27-18(33)14-32-15-26-21-20(32)22(35)29(5)23(36)28(21)4/h6-7,13,15H,8-12,14H2,1-5H3,(H,25,27,33). The number of carbonyl (C=O) groups is 2. The Hall–Kier alpha value is -3.96. The second kappa shape index (κ2) is 9.59. The Bertz CT molecular complexity index is 1400. The fourth-order valence-corrected chi connectivity index (χ4v) is 4.28. The topological polar surface area (TPSA) is 127 Å². The molecule has 1 aliphatic heterocycles. The third-order valence-electron chi connectivity index (χ3n) is 6.23. The summed E-state index contributed by atoms with van der Waals surface area (Å²) in [6, 6.07) is 3.60. The Kier molecular flexibility index (Phi) is 6.70. The second-order valence-corrected chi connectivity index (χ2v) is 10.3. The number of amides is 2. The summed E-state index contributed by atoms with van der Waals surface area (Å²) >= 11 is 0. The van der Waals surface area contributed by atoms with Gasteiger partial charge in [0.1, 0.15) is 12.4 Å². The van der Waals surface area contributed by atoms with Crippen molar-refractivity contribution in [2.24, 2.45) is 19.5 Å². The number of pyridine rings is 1. The normalized spacial score (nSPS) is 14.4. The number of nitrogens with one attached hydrogen (secondary N) is 1. The number of carbonyl (C=O) groups excluding carboxylic acids is 2. The smallest absolute Gasteiger partial charge is 0.332 e. The molecule has 0 atom stereocenters. The zero-order valence-electron chi connectivity index (χ0n) is 21.3. The molecule has 1 fully saturated rings. The van der Waals surface area contributed by atoms with Gasteiger partial charge in [-0.3, -0.25) is 23.5 Å². The van der Waals surface area contributed by atoms with Gasteiger partial charge in [0, 0.05) is 46.7 Å². The minimum absolute atomic E-state index is 0.0309. The molecule has 12 heteroatoms. The first-order valence-electron chi connectivity index (χ1n) is 11.8. The highest BCUT2D eigenvalue weighted by molar-refractivity contribution is 5.90. The van der Waals surface area contributed by atoms with Gasteiger partial charge in [-0.2, -0.15) is 0 Å². The first-order chi connectivity index (χ1) is 16.9. The van der Waals surface area contributed by atoms with E-state index in [1.54, 1.807) is 12.3 Å². The number of nitrogens with zero attached hydrogens (tertiary/aromatic N) is 7. The summed E-state index contributed by atoms with van der Waals surface area (Å²) in [5, 5.41) is 2.73. The van der Waals surface area contributed by atoms with E-state index in [0.717, 1.165) is 10.3 Å². The highest BCUT2D eigenvalue weighted by atomic mass is 16.2. The van der Waals surface area contributed by atoms with E-state index in [0.29, 0.717) is 38.4 Å². The van der Waals surface area contributed by atoms with Gasteiger partial charge in [-0.15, -0.1) is 0 Å². The van der Waals surface area contributed by atoms with Crippen molar-refractivity contribution in [2.75, 3.05) is 36.4 Å². The van der Waals surface area contributed by atoms with Crippen molar-refractivity contribution in [1.29, 1.82) is 0 Å². The van der Waals surface area contributed by atoms with Crippen LogP contribution in [0.25, 0.3) is 11.2 Å². The van der Waals surface area contributed by atoms with Crippen LogP contribution in [0, 0.1) is 5.41 Å². The number of fused-ring (bicyclic) bond motifs is 1. The molecule has 4 heterocycles. The van der Waals surface area contributed by atoms with Gasteiger partial charge in [0.05, 0.1) is 18.2 Å². The highest BCUT2D eigenvalue weighted by Crippen LogP contribution is 2.22. The summed E-state index contributed by atoms with van der Waals surface area (Å²) in [5.74, 6) is 0.188. The average Bonchev–Trinajstić information content (AvgIpc) is 3.24. The predicted molar refractivity (Wildman–Crippen MR) is 136 cm³/mol. The summed E-state index contributed by atoms with van der Waals surface area (Å²) in [7, 11) is 2.91. The van der Waals surface area contributed by atoms with Crippen LogP contribution < -0.4 is 21.5 Å². The molecule has 2 amide bonds. The molecule has 0 unspecified atom stereocenters. The van der Waals surface area contributed by atoms with Crippen LogP contribution in [0.5, 0.6) is 0 Å². The maximum atomic E-state index is 12.6. The Balaban J connectivity index is 1.37. The number of imidazole rings is 1. The van der Waals surface area contributed by atoms with Crippen LogP contribution >= 0.6 is 0 Å². The van der Waals surface area contributed by atoms with E-state index >= 15 is 0 Å². The molecule has 192 valence electrons. The minimum atomic E-state index is -0.513. The molecule has 0 aromatic carbocycles. The lowest BCUT2D eigenvalue weighted by molar-refractivity contribution is -0.133. The molecule has 4 rings (SSSR count). The zero-order valence-corrected chi connectivity index (χ0v) is 21.3. The van der Waals surface area contributed by atoms with Crippen LogP contribution in [0.2, 0.25) is 0 Å². The molecule has 0 bridgehead atoms. The Morgan fingerprint density at radius 3 is 2.31 bits per heavy atom. The van der Waals surface area contributed by atoms with Gasteiger partial charge >= 0.3 is 5.69 Å². The van der Waals surface area contributed by atoms with Gasteiger partial charge < -0.3 is 19.7 Å². The van der Waals surface area contributed by atoms with E-state index in [4.69, 9.17) is 0 Å². The predicted octanol–water partition coefficient (Wildman–Crippen LogP) is 0.552. The van der Waals surface area contributed by atoms with Crippen LogP contribution in [0.15, 0.2) is 34.2 Å². The lowest BCUT2D eigenvalue weighted by Gasteiger charge is -2.37. The molecule has 3 aromatic rings. The number of aryl methyl sites for hydroxylation is 1. The van der Waals surface area contributed by atoms with Gasteiger partial charge in [-0.1, -0.05) is 20.8 Å². The van der Waals surface area contributed by atoms with Crippen molar-refractivity contribution in [3.8, 4) is 0 Å². The fourth-order valence-electron chi connectivity index (χ4n) is 4.28. The first-order valence-corrected chi connectivity index (χ1v) is 11.8. The number of rotatable bonds is 5. The Labute approximate surface area is 208 Å². The molecule has 1 saturated heterocycles. The summed E-state index contributed by atoms with van der Waals surface area (Å²) in [6.45, 7) is 8.80. The van der Waals surface area contributed by atoms with Crippen LogP contribution in [0.1, 0.15) is 27.2 Å². The second-order valence-electron chi connectivity index (χ2n) is 10.3. The van der Waals surface area contributed by atoms with Gasteiger partial charge in [0.2, 0.25) is 11.8 Å². The van der Waals surface area contributed by atoms with Crippen molar-refractivity contribution in [3.05, 3.63) is 45.5 Å². The van der Waals surface area contributed by atoms with Crippen molar-refractivity contribution < 1.29 is 9.59 Å². The molecule has 1 N–H and O–H groups in total. The largest absolute Gasteiger partial charge is 0.367 e. The maximum absolute atomic E-state index is 12.6. The van der Waals surface area contributed by atoms with Crippen molar-refractivity contribution in [1.82, 2.24) is 28.6 Å².